The van der Waals surface area contributed by atoms with E-state index >= 15 is 0 Å². The number of hydrogen-bond donors (Lipinski definition) is 0. The summed E-state index contributed by atoms with van der Waals surface area (Å²) >= 11 is 27.9. The van der Waals surface area contributed by atoms with Crippen LogP contribution < -0.4 is 0 Å². The molecule has 0 radical (unpaired) electrons. The number of nitrogens with zero attached hydrogens (tertiary/aromatic N) is 1. The molecule has 0 fully saturated rings. The quantitative estimate of drug-likeness (QED) is 0.558. The number of hydrogen-bond acceptors (Lipinski definition) is 2. The monoisotopic (exact) mass is 307 g/mol. The molecule has 0 rings (SSSR count). The van der Waals surface area contributed by atoms with E-state index in [1.165, 1.54) is 0 Å². The zero-order chi connectivity index (χ0) is 9.83. The Morgan fingerprint density at radius 1 is 1.33 bits per heavy atom. The fourth-order valence-corrected chi connectivity index (χ4v) is 1.49. The molecule has 0 aromatic carbocycles. The van der Waals surface area contributed by atoms with Crippen molar-refractivity contribution in [1.29, 1.82) is 0 Å². The minimum Gasteiger partial charge on any atom is -0.269 e. The Labute approximate surface area is 99.4 Å². The highest BCUT2D eigenvalue weighted by atomic mass is 35.5. The molecule has 0 heterocycles. The highest BCUT2D eigenvalue weighted by Crippen LogP contribution is 2.46. The van der Waals surface area contributed by atoms with Crippen molar-refractivity contribution < 1.29 is 4.52 Å². The van der Waals surface area contributed by atoms with Crippen molar-refractivity contribution >= 4 is 76.0 Å². The normalized spacial score (nSPS) is 14.2. The number of rotatable bonds is 4. The zero-order valence-electron chi connectivity index (χ0n) is 5.48. The van der Waals surface area contributed by atoms with Gasteiger partial charge in [0.2, 0.25) is 0 Å². The molecule has 0 aliphatic carbocycles. The summed E-state index contributed by atoms with van der Waals surface area (Å²) in [5.41, 5.74) is 0. The second kappa shape index (κ2) is 5.73. The van der Waals surface area contributed by atoms with Crippen molar-refractivity contribution in [3.05, 3.63) is 0 Å². The van der Waals surface area contributed by atoms with Gasteiger partial charge in [-0.25, -0.2) is 4.52 Å². The van der Waals surface area contributed by atoms with Crippen molar-refractivity contribution in [2.24, 2.45) is 4.52 Å². The summed E-state index contributed by atoms with van der Waals surface area (Å²) in [6.45, 7) is 0. The van der Waals surface area contributed by atoms with Crippen LogP contribution in [0.3, 0.4) is 0 Å². The molecule has 0 N–H and O–H groups in total. The van der Waals surface area contributed by atoms with Gasteiger partial charge in [-0.3, -0.25) is 4.52 Å². The fourth-order valence-electron chi connectivity index (χ4n) is 0.219. The molecule has 0 bridgehead atoms. The lowest BCUT2D eigenvalue weighted by Gasteiger charge is -2.28. The van der Waals surface area contributed by atoms with Gasteiger partial charge in [-0.05, 0) is 9.39 Å². The molecule has 9 heteroatoms. The van der Waals surface area contributed by atoms with E-state index in [1.54, 1.807) is 0 Å². The van der Waals surface area contributed by atoms with E-state index in [0.717, 1.165) is 0 Å². The first kappa shape index (κ1) is 13.9. The third-order valence-electron chi connectivity index (χ3n) is 0.796. The van der Waals surface area contributed by atoms with Crippen LogP contribution in [0.4, 0.5) is 0 Å². The Morgan fingerprint density at radius 3 is 2.17 bits per heavy atom. The van der Waals surface area contributed by atoms with Crippen LogP contribution in [0.2, 0.25) is 0 Å². The zero-order valence-corrected chi connectivity index (χ0v) is 11.3. The van der Waals surface area contributed by atoms with Gasteiger partial charge < -0.3 is 0 Å². The first-order valence-electron chi connectivity index (χ1n) is 2.47. The van der Waals surface area contributed by atoms with E-state index < -0.39 is 8.85 Å². The molecule has 0 spiro atoms. The van der Waals surface area contributed by atoms with Crippen molar-refractivity contribution in [2.45, 2.75) is 8.85 Å². The third kappa shape index (κ3) is 3.98. The third-order valence-corrected chi connectivity index (χ3v) is 4.40. The molecule has 2 nitrogen and oxygen atoms in total. The van der Waals surface area contributed by atoms with Gasteiger partial charge in [0.15, 0.2) is 12.9 Å². The molecule has 12 heavy (non-hydrogen) atoms. The van der Waals surface area contributed by atoms with E-state index in [2.05, 4.69) is 13.9 Å². The molecule has 0 saturated heterocycles. The molecule has 0 aromatic heterocycles. The lowest BCUT2D eigenvalue weighted by Crippen LogP contribution is -2.38. The maximum Gasteiger partial charge on any atom is 0.261 e. The molecule has 0 aliphatic rings. The van der Waals surface area contributed by atoms with Crippen molar-refractivity contribution in [3.63, 3.8) is 0 Å². The van der Waals surface area contributed by atoms with Gasteiger partial charge in [-0.1, -0.05) is 46.4 Å². The molecule has 72 valence electrons. The van der Waals surface area contributed by atoms with E-state index in [1.807, 2.05) is 0 Å². The molecule has 0 aromatic rings. The van der Waals surface area contributed by atoms with Gasteiger partial charge in [0.1, 0.15) is 0 Å². The van der Waals surface area contributed by atoms with E-state index in [-0.39, 0.29) is 14.5 Å². The Morgan fingerprint density at radius 2 is 1.83 bits per heavy atom. The second-order valence-electron chi connectivity index (χ2n) is 1.64. The predicted octanol–water partition coefficient (Wildman–Crippen LogP) is 4.38. The maximum absolute atomic E-state index is 5.64. The summed E-state index contributed by atoms with van der Waals surface area (Å²) in [5.74, 6) is -0.157. The standard InChI is InChI=1S/C3H4Cl5NOP2/c4-1-2(5,6)3(7,8)10-12-9-11/h1,11H2. The Hall–Kier alpha value is 1.94. The van der Waals surface area contributed by atoms with E-state index in [9.17, 15) is 0 Å². The molecule has 1 atom stereocenters. The van der Waals surface area contributed by atoms with Crippen LogP contribution in [0.5, 0.6) is 0 Å². The first-order valence-corrected chi connectivity index (χ1v) is 5.80. The van der Waals surface area contributed by atoms with Crippen LogP contribution in [0.15, 0.2) is 4.52 Å². The van der Waals surface area contributed by atoms with Crippen LogP contribution in [0, 0.1) is 0 Å². The largest absolute Gasteiger partial charge is 0.269 e. The molecule has 0 aliphatic heterocycles. The summed E-state index contributed by atoms with van der Waals surface area (Å²) in [5, 5.41) is 0. The molecule has 0 amide bonds. The summed E-state index contributed by atoms with van der Waals surface area (Å²) < 4.78 is 4.96. The van der Waals surface area contributed by atoms with Crippen LogP contribution in [-0.2, 0) is 4.52 Å². The second-order valence-corrected chi connectivity index (χ2v) is 5.92. The molecular weight excluding hydrogens is 305 g/mol. The minimum atomic E-state index is -1.78. The summed E-state index contributed by atoms with van der Waals surface area (Å²) in [7, 11) is 2.26. The summed E-state index contributed by atoms with van der Waals surface area (Å²) in [4.78, 5) is 0. The van der Waals surface area contributed by atoms with Gasteiger partial charge in [0, 0.05) is 0 Å². The molecule has 0 saturated carbocycles. The SMILES string of the molecule is PN=POC(Cl)(Cl)C(Cl)(Cl)CCl. The fraction of sp³-hybridized carbons (Fsp3) is 1.00. The maximum atomic E-state index is 5.64. The van der Waals surface area contributed by atoms with E-state index in [0.29, 0.717) is 0 Å². The first-order chi connectivity index (χ1) is 5.37. The van der Waals surface area contributed by atoms with Crippen LogP contribution in [0.25, 0.3) is 0 Å². The van der Waals surface area contributed by atoms with Gasteiger partial charge in [0.05, 0.1) is 5.88 Å². The average Bonchev–Trinajstić information content (AvgIpc) is 2.00. The van der Waals surface area contributed by atoms with E-state index in [4.69, 9.17) is 62.5 Å². The Bertz CT molecular complexity index is 174. The Kier molecular flexibility index (Phi) is 6.66. The van der Waals surface area contributed by atoms with Gasteiger partial charge in [-0.15, -0.1) is 11.6 Å². The van der Waals surface area contributed by atoms with Crippen molar-refractivity contribution in [3.8, 4) is 0 Å². The Balaban J connectivity index is 4.37. The molecule has 1 unspecified atom stereocenters. The van der Waals surface area contributed by atoms with Crippen molar-refractivity contribution in [2.75, 3.05) is 5.88 Å². The summed E-state index contributed by atoms with van der Waals surface area (Å²) in [6.07, 6.45) is 0. The minimum absolute atomic E-state index is 0.157. The van der Waals surface area contributed by atoms with Crippen LogP contribution in [0.1, 0.15) is 0 Å². The van der Waals surface area contributed by atoms with Gasteiger partial charge >= 0.3 is 0 Å². The van der Waals surface area contributed by atoms with Gasteiger partial charge in [-0.2, -0.15) is 0 Å². The number of alkyl halides is 5. The van der Waals surface area contributed by atoms with Gasteiger partial charge in [0.25, 0.3) is 4.52 Å². The number of halogens is 5. The van der Waals surface area contributed by atoms with Crippen LogP contribution in [-0.4, -0.2) is 14.7 Å². The lowest BCUT2D eigenvalue weighted by molar-refractivity contribution is 0.267. The summed E-state index contributed by atoms with van der Waals surface area (Å²) in [6, 6.07) is 0. The topological polar surface area (TPSA) is 21.6 Å². The smallest absolute Gasteiger partial charge is 0.261 e. The highest BCUT2D eigenvalue weighted by molar-refractivity contribution is 7.31. The molecular formula is C3H4Cl5NOP2. The van der Waals surface area contributed by atoms with Crippen LogP contribution >= 0.6 is 76.0 Å². The van der Waals surface area contributed by atoms with Crippen molar-refractivity contribution in [1.82, 2.24) is 0 Å². The highest BCUT2D eigenvalue weighted by Gasteiger charge is 2.48. The average molecular weight is 309 g/mol. The predicted molar refractivity (Wildman–Crippen MR) is 59.7 cm³/mol. The lowest BCUT2D eigenvalue weighted by atomic mass is 10.5.